The van der Waals surface area contributed by atoms with Crippen LogP contribution in [0.25, 0.3) is 0 Å². The van der Waals surface area contributed by atoms with Gasteiger partial charge in [0, 0.05) is 17.8 Å². The molecule has 178 valence electrons. The zero-order valence-corrected chi connectivity index (χ0v) is 19.5. The molecule has 0 aliphatic carbocycles. The van der Waals surface area contributed by atoms with Crippen molar-refractivity contribution >= 4 is 35.1 Å². The Morgan fingerprint density at radius 1 is 1.24 bits per heavy atom. The maximum atomic E-state index is 13.0. The summed E-state index contributed by atoms with van der Waals surface area (Å²) >= 11 is 0. The summed E-state index contributed by atoms with van der Waals surface area (Å²) in [5, 5.41) is 9.96. The Morgan fingerprint density at radius 2 is 1.97 bits per heavy atom. The molecule has 3 aromatic rings. The lowest BCUT2D eigenvalue weighted by molar-refractivity contribution is -0.129. The predicted molar refractivity (Wildman–Crippen MR) is 128 cm³/mol. The topological polar surface area (TPSA) is 137 Å². The van der Waals surface area contributed by atoms with Crippen LogP contribution in [0.3, 0.4) is 0 Å². The molecule has 1 aliphatic rings. The van der Waals surface area contributed by atoms with Crippen LogP contribution in [0.15, 0.2) is 42.5 Å². The number of nitrogen functional groups attached to an aromatic ring is 1. The molecule has 2 aromatic carbocycles. The summed E-state index contributed by atoms with van der Waals surface area (Å²) in [7, 11) is 3.97. The number of amides is 1. The highest BCUT2D eigenvalue weighted by Crippen LogP contribution is 2.34. The van der Waals surface area contributed by atoms with Gasteiger partial charge in [0.25, 0.3) is 11.8 Å². The Bertz CT molecular complexity index is 1220. The van der Waals surface area contributed by atoms with Crippen molar-refractivity contribution in [3.63, 3.8) is 0 Å². The number of benzene rings is 2. The first-order valence-corrected chi connectivity index (χ1v) is 10.7. The van der Waals surface area contributed by atoms with Gasteiger partial charge in [0.2, 0.25) is 11.9 Å². The molecule has 11 heteroatoms. The van der Waals surface area contributed by atoms with Crippen molar-refractivity contribution in [2.75, 3.05) is 43.6 Å². The van der Waals surface area contributed by atoms with Crippen LogP contribution in [0.1, 0.15) is 24.2 Å². The van der Waals surface area contributed by atoms with Crippen LogP contribution >= 0.6 is 0 Å². The molecule has 0 saturated heterocycles. The van der Waals surface area contributed by atoms with Crippen molar-refractivity contribution < 1.29 is 19.1 Å². The van der Waals surface area contributed by atoms with Crippen LogP contribution in [0.2, 0.25) is 0 Å². The van der Waals surface area contributed by atoms with E-state index in [1.807, 2.05) is 43.3 Å². The molecule has 1 aromatic heterocycles. The summed E-state index contributed by atoms with van der Waals surface area (Å²) < 4.78 is 12.4. The monoisotopic (exact) mass is 465 g/mol. The minimum atomic E-state index is -0.994. The molecular weight excluding hydrogens is 438 g/mol. The first kappa shape index (κ1) is 23.1. The summed E-state index contributed by atoms with van der Waals surface area (Å²) in [5.41, 5.74) is 6.33. The molecular formula is C23H27N7O4. The fourth-order valence-electron chi connectivity index (χ4n) is 3.20. The highest BCUT2D eigenvalue weighted by molar-refractivity contribution is 6.03. The lowest BCUT2D eigenvalue weighted by atomic mass is 10.0. The number of ether oxygens (including phenoxy) is 2. The van der Waals surface area contributed by atoms with Crippen LogP contribution in [0.4, 0.5) is 23.3 Å². The zero-order valence-electron chi connectivity index (χ0n) is 19.5. The van der Waals surface area contributed by atoms with Gasteiger partial charge in [-0.2, -0.15) is 9.67 Å². The second-order valence-electron chi connectivity index (χ2n) is 8.59. The smallest absolute Gasteiger partial charge is 0.281 e. The van der Waals surface area contributed by atoms with Gasteiger partial charge in [-0.1, -0.05) is 0 Å². The molecule has 0 unspecified atom stereocenters. The minimum Gasteiger partial charge on any atom is -0.492 e. The van der Waals surface area contributed by atoms with Crippen LogP contribution in [-0.4, -0.2) is 64.3 Å². The van der Waals surface area contributed by atoms with E-state index in [0.29, 0.717) is 23.7 Å². The summed E-state index contributed by atoms with van der Waals surface area (Å²) in [5.74, 6) is 0.519. The Morgan fingerprint density at radius 3 is 2.68 bits per heavy atom. The van der Waals surface area contributed by atoms with Gasteiger partial charge >= 0.3 is 0 Å². The number of carbonyl (C=O) groups excluding carboxylic acids is 2. The standard InChI is InChI=1S/C23H27N7O4/c1-23(2)20(32)26-17-13-14(5-10-18(17)34-23)19(31)30-21(24)27-22(28-30)25-15-6-8-16(9-7-15)33-12-11-29(3)4/h5-10,13H,11-12H2,1-4H3,(H,26,32)(H3,24,25,27,28). The first-order chi connectivity index (χ1) is 16.1. The average molecular weight is 466 g/mol. The molecule has 1 aliphatic heterocycles. The van der Waals surface area contributed by atoms with Crippen molar-refractivity contribution in [2.24, 2.45) is 0 Å². The van der Waals surface area contributed by atoms with Crippen molar-refractivity contribution in [2.45, 2.75) is 19.4 Å². The number of fused-ring (bicyclic) bond motifs is 1. The fraction of sp³-hybridized carbons (Fsp3) is 0.304. The number of likely N-dealkylation sites (N-methyl/N-ethyl adjacent to an activating group) is 1. The molecule has 0 atom stereocenters. The van der Waals surface area contributed by atoms with E-state index in [4.69, 9.17) is 15.2 Å². The molecule has 34 heavy (non-hydrogen) atoms. The van der Waals surface area contributed by atoms with Crippen molar-refractivity contribution in [1.82, 2.24) is 19.7 Å². The Kier molecular flexibility index (Phi) is 6.12. The molecule has 4 N–H and O–H groups in total. The lowest BCUT2D eigenvalue weighted by Gasteiger charge is -2.31. The third-order valence-electron chi connectivity index (χ3n) is 5.13. The van der Waals surface area contributed by atoms with E-state index in [2.05, 4.69) is 20.7 Å². The van der Waals surface area contributed by atoms with Gasteiger partial charge in [-0.25, -0.2) is 0 Å². The van der Waals surface area contributed by atoms with Gasteiger partial charge in [-0.05, 0) is 70.4 Å². The number of nitrogens with one attached hydrogen (secondary N) is 2. The van der Waals surface area contributed by atoms with E-state index in [1.54, 1.807) is 26.0 Å². The van der Waals surface area contributed by atoms with Crippen LogP contribution in [-0.2, 0) is 4.79 Å². The number of carbonyl (C=O) groups is 2. The van der Waals surface area contributed by atoms with Gasteiger partial charge in [0.05, 0.1) is 5.69 Å². The Balaban J connectivity index is 1.45. The molecule has 11 nitrogen and oxygen atoms in total. The normalized spacial score (nSPS) is 14.2. The van der Waals surface area contributed by atoms with Crippen LogP contribution in [0.5, 0.6) is 11.5 Å². The summed E-state index contributed by atoms with van der Waals surface area (Å²) in [6.07, 6.45) is 0. The second-order valence-corrected chi connectivity index (χ2v) is 8.59. The number of nitrogens with zero attached hydrogens (tertiary/aromatic N) is 4. The first-order valence-electron chi connectivity index (χ1n) is 10.7. The Labute approximate surface area is 196 Å². The van der Waals surface area contributed by atoms with Gasteiger partial charge in [-0.15, -0.1) is 5.10 Å². The number of hydrogen-bond acceptors (Lipinski definition) is 9. The number of hydrogen-bond donors (Lipinski definition) is 3. The highest BCUT2D eigenvalue weighted by Gasteiger charge is 2.35. The zero-order chi connectivity index (χ0) is 24.5. The molecule has 0 spiro atoms. The number of nitrogens with two attached hydrogens (primary N) is 1. The molecule has 2 heterocycles. The van der Waals surface area contributed by atoms with E-state index in [1.165, 1.54) is 6.07 Å². The van der Waals surface area contributed by atoms with Gasteiger partial charge in [0.1, 0.15) is 18.1 Å². The molecule has 0 bridgehead atoms. The summed E-state index contributed by atoms with van der Waals surface area (Å²) in [6, 6.07) is 12.0. The van der Waals surface area contributed by atoms with Gasteiger partial charge in [0.15, 0.2) is 5.60 Å². The van der Waals surface area contributed by atoms with E-state index >= 15 is 0 Å². The van der Waals surface area contributed by atoms with Crippen molar-refractivity contribution in [1.29, 1.82) is 0 Å². The largest absolute Gasteiger partial charge is 0.492 e. The third kappa shape index (κ3) is 4.94. The number of rotatable bonds is 7. The highest BCUT2D eigenvalue weighted by atomic mass is 16.5. The molecule has 4 rings (SSSR count). The lowest BCUT2D eigenvalue weighted by Crippen LogP contribution is -2.45. The number of anilines is 4. The second kappa shape index (κ2) is 9.02. The van der Waals surface area contributed by atoms with Gasteiger partial charge in [-0.3, -0.25) is 9.59 Å². The predicted octanol–water partition coefficient (Wildman–Crippen LogP) is 2.34. The SMILES string of the molecule is CN(C)CCOc1ccc(Nc2nc(N)n(C(=O)c3ccc4c(c3)NC(=O)C(C)(C)O4)n2)cc1. The molecule has 0 fully saturated rings. The van der Waals surface area contributed by atoms with Gasteiger partial charge < -0.3 is 30.7 Å². The van der Waals surface area contributed by atoms with Crippen molar-refractivity contribution in [3.05, 3.63) is 48.0 Å². The average Bonchev–Trinajstić information content (AvgIpc) is 3.14. The van der Waals surface area contributed by atoms with Crippen LogP contribution < -0.4 is 25.8 Å². The maximum absolute atomic E-state index is 13.0. The van der Waals surface area contributed by atoms with E-state index in [-0.39, 0.29) is 23.4 Å². The Hall–Kier alpha value is -4.12. The fourth-order valence-corrected chi connectivity index (χ4v) is 3.20. The molecule has 1 amide bonds. The maximum Gasteiger partial charge on any atom is 0.281 e. The van der Waals surface area contributed by atoms with Crippen LogP contribution in [0, 0.1) is 0 Å². The third-order valence-corrected chi connectivity index (χ3v) is 5.13. The number of aromatic nitrogens is 3. The van der Waals surface area contributed by atoms with E-state index in [0.717, 1.165) is 17.0 Å². The summed E-state index contributed by atoms with van der Waals surface area (Å²) in [4.78, 5) is 31.3. The molecule has 0 saturated carbocycles. The van der Waals surface area contributed by atoms with Crippen molar-refractivity contribution in [3.8, 4) is 11.5 Å². The van der Waals surface area contributed by atoms with E-state index < -0.39 is 11.5 Å². The van der Waals surface area contributed by atoms with E-state index in [9.17, 15) is 9.59 Å². The summed E-state index contributed by atoms with van der Waals surface area (Å²) in [6.45, 7) is 4.73. The quantitative estimate of drug-likeness (QED) is 0.480. The molecule has 0 radical (unpaired) electrons. The minimum absolute atomic E-state index is 0.0738.